The molecule has 1 aromatic carbocycles. The van der Waals surface area contributed by atoms with Crippen LogP contribution in [0.5, 0.6) is 5.75 Å². The fraction of sp³-hybridized carbons (Fsp3) is 0.429. The van der Waals surface area contributed by atoms with Gasteiger partial charge in [-0.15, -0.1) is 0 Å². The Bertz CT molecular complexity index is 504. The summed E-state index contributed by atoms with van der Waals surface area (Å²) in [5.74, 6) is -1.37. The summed E-state index contributed by atoms with van der Waals surface area (Å²) in [6.07, 6.45) is 0. The molecule has 5 nitrogen and oxygen atoms in total. The molecule has 0 bridgehead atoms. The summed E-state index contributed by atoms with van der Waals surface area (Å²) >= 11 is 3.36. The van der Waals surface area contributed by atoms with Crippen LogP contribution in [-0.4, -0.2) is 29.6 Å². The summed E-state index contributed by atoms with van der Waals surface area (Å²) in [4.78, 5) is 22.5. The lowest BCUT2D eigenvalue weighted by molar-refractivity contribution is -0.142. The van der Waals surface area contributed by atoms with Gasteiger partial charge in [0.15, 0.2) is 6.61 Å². The molecule has 0 aromatic heterocycles. The maximum Gasteiger partial charge on any atom is 0.308 e. The van der Waals surface area contributed by atoms with Crippen LogP contribution in [-0.2, 0) is 9.59 Å². The summed E-state index contributed by atoms with van der Waals surface area (Å²) in [5.41, 5.74) is 1.08. The van der Waals surface area contributed by atoms with Crippen molar-refractivity contribution in [3.63, 3.8) is 0 Å². The van der Waals surface area contributed by atoms with Crippen molar-refractivity contribution in [2.45, 2.75) is 26.8 Å². The molecular formula is C14H18BrNO4. The van der Waals surface area contributed by atoms with Gasteiger partial charge in [-0.25, -0.2) is 0 Å². The third kappa shape index (κ3) is 4.85. The number of carboxylic acid groups (broad SMARTS) is 1. The molecule has 0 radical (unpaired) electrons. The van der Waals surface area contributed by atoms with Crippen LogP contribution in [0.2, 0.25) is 0 Å². The number of carboxylic acids is 1. The van der Waals surface area contributed by atoms with E-state index in [0.29, 0.717) is 5.75 Å². The number of ether oxygens (including phenoxy) is 1. The average Bonchev–Trinajstić information content (AvgIpc) is 2.36. The van der Waals surface area contributed by atoms with Crippen LogP contribution in [0, 0.1) is 12.8 Å². The Morgan fingerprint density at radius 1 is 1.40 bits per heavy atom. The fourth-order valence-electron chi connectivity index (χ4n) is 1.50. The van der Waals surface area contributed by atoms with Crippen LogP contribution >= 0.6 is 15.9 Å². The summed E-state index contributed by atoms with van der Waals surface area (Å²) in [5, 5.41) is 11.4. The van der Waals surface area contributed by atoms with Gasteiger partial charge in [0.25, 0.3) is 5.91 Å². The lowest BCUT2D eigenvalue weighted by Crippen LogP contribution is -2.42. The molecule has 110 valence electrons. The molecule has 0 heterocycles. The molecule has 0 aliphatic carbocycles. The maximum atomic E-state index is 11.7. The van der Waals surface area contributed by atoms with Crippen LogP contribution in [0.15, 0.2) is 22.7 Å². The SMILES string of the molecule is Cc1ccc(OCC(=O)NC(C)C(C)C(=O)O)c(Br)c1. The van der Waals surface area contributed by atoms with E-state index in [9.17, 15) is 9.59 Å². The molecule has 0 spiro atoms. The summed E-state index contributed by atoms with van der Waals surface area (Å²) in [7, 11) is 0. The number of carbonyl (C=O) groups is 2. The van der Waals surface area contributed by atoms with Crippen molar-refractivity contribution >= 4 is 27.8 Å². The number of aliphatic carboxylic acids is 1. The van der Waals surface area contributed by atoms with E-state index in [1.165, 1.54) is 0 Å². The number of nitrogens with one attached hydrogen (secondary N) is 1. The van der Waals surface area contributed by atoms with Crippen molar-refractivity contribution < 1.29 is 19.4 Å². The lowest BCUT2D eigenvalue weighted by atomic mass is 10.0. The number of hydrogen-bond donors (Lipinski definition) is 2. The zero-order valence-corrected chi connectivity index (χ0v) is 13.2. The van der Waals surface area contributed by atoms with Gasteiger partial charge in [-0.1, -0.05) is 6.07 Å². The second-order valence-electron chi connectivity index (χ2n) is 4.71. The van der Waals surface area contributed by atoms with Crippen molar-refractivity contribution in [2.75, 3.05) is 6.61 Å². The van der Waals surface area contributed by atoms with Crippen molar-refractivity contribution in [2.24, 2.45) is 5.92 Å². The lowest BCUT2D eigenvalue weighted by Gasteiger charge is -2.18. The number of amides is 1. The van der Waals surface area contributed by atoms with Gasteiger partial charge in [-0.3, -0.25) is 9.59 Å². The highest BCUT2D eigenvalue weighted by Gasteiger charge is 2.21. The van der Waals surface area contributed by atoms with Gasteiger partial charge in [0, 0.05) is 6.04 Å². The molecule has 1 amide bonds. The summed E-state index contributed by atoms with van der Waals surface area (Å²) < 4.78 is 6.16. The van der Waals surface area contributed by atoms with Crippen LogP contribution in [0.25, 0.3) is 0 Å². The first-order valence-electron chi connectivity index (χ1n) is 6.22. The van der Waals surface area contributed by atoms with E-state index in [0.717, 1.165) is 10.0 Å². The second kappa shape index (κ2) is 7.28. The van der Waals surface area contributed by atoms with Gasteiger partial charge < -0.3 is 15.2 Å². The predicted molar refractivity (Wildman–Crippen MR) is 78.8 cm³/mol. The van der Waals surface area contributed by atoms with Crippen molar-refractivity contribution in [1.29, 1.82) is 0 Å². The van der Waals surface area contributed by atoms with E-state index in [1.807, 2.05) is 19.1 Å². The number of carbonyl (C=O) groups excluding carboxylic acids is 1. The standard InChI is InChI=1S/C14H18BrNO4/c1-8-4-5-12(11(15)6-8)20-7-13(17)16-10(3)9(2)14(18)19/h4-6,9-10H,7H2,1-3H3,(H,16,17)(H,18,19). The molecular weight excluding hydrogens is 326 g/mol. The maximum absolute atomic E-state index is 11.7. The zero-order chi connectivity index (χ0) is 15.3. The largest absolute Gasteiger partial charge is 0.483 e. The average molecular weight is 344 g/mol. The summed E-state index contributed by atoms with van der Waals surface area (Å²) in [6.45, 7) is 5.00. The minimum atomic E-state index is -0.944. The molecule has 2 atom stereocenters. The second-order valence-corrected chi connectivity index (χ2v) is 5.56. The van der Waals surface area contributed by atoms with Crippen molar-refractivity contribution in [1.82, 2.24) is 5.32 Å². The Kier molecular flexibility index (Phi) is 6.01. The van der Waals surface area contributed by atoms with E-state index in [2.05, 4.69) is 21.2 Å². The Morgan fingerprint density at radius 3 is 2.60 bits per heavy atom. The number of rotatable bonds is 6. The van der Waals surface area contributed by atoms with Gasteiger partial charge in [-0.05, 0) is 54.4 Å². The first-order valence-corrected chi connectivity index (χ1v) is 7.01. The van der Waals surface area contributed by atoms with Gasteiger partial charge in [0.1, 0.15) is 5.75 Å². The molecule has 2 N–H and O–H groups in total. The Hall–Kier alpha value is -1.56. The molecule has 1 aromatic rings. The Morgan fingerprint density at radius 2 is 2.05 bits per heavy atom. The highest BCUT2D eigenvalue weighted by Crippen LogP contribution is 2.25. The summed E-state index contributed by atoms with van der Waals surface area (Å²) in [6, 6.07) is 5.09. The van der Waals surface area contributed by atoms with Gasteiger partial charge in [0.05, 0.1) is 10.4 Å². The van der Waals surface area contributed by atoms with Crippen LogP contribution < -0.4 is 10.1 Å². The molecule has 0 saturated heterocycles. The molecule has 0 saturated carbocycles. The van der Waals surface area contributed by atoms with E-state index in [1.54, 1.807) is 19.9 Å². The van der Waals surface area contributed by atoms with Gasteiger partial charge in [-0.2, -0.15) is 0 Å². The Labute approximate surface area is 126 Å². The van der Waals surface area contributed by atoms with Crippen LogP contribution in [0.3, 0.4) is 0 Å². The minimum Gasteiger partial charge on any atom is -0.483 e. The predicted octanol–water partition coefficient (Wildman–Crippen LogP) is 2.36. The van der Waals surface area contributed by atoms with E-state index in [4.69, 9.17) is 9.84 Å². The molecule has 20 heavy (non-hydrogen) atoms. The van der Waals surface area contributed by atoms with E-state index >= 15 is 0 Å². The normalized spacial score (nSPS) is 13.4. The van der Waals surface area contributed by atoms with E-state index in [-0.39, 0.29) is 12.5 Å². The number of aryl methyl sites for hydroxylation is 1. The third-order valence-electron chi connectivity index (χ3n) is 2.97. The highest BCUT2D eigenvalue weighted by atomic mass is 79.9. The molecule has 1 rings (SSSR count). The topological polar surface area (TPSA) is 75.6 Å². The fourth-order valence-corrected chi connectivity index (χ4v) is 2.11. The monoisotopic (exact) mass is 343 g/mol. The minimum absolute atomic E-state index is 0.154. The highest BCUT2D eigenvalue weighted by molar-refractivity contribution is 9.10. The molecule has 6 heteroatoms. The molecule has 0 aliphatic rings. The third-order valence-corrected chi connectivity index (χ3v) is 3.59. The van der Waals surface area contributed by atoms with Crippen LogP contribution in [0.4, 0.5) is 0 Å². The van der Waals surface area contributed by atoms with Gasteiger partial charge >= 0.3 is 5.97 Å². The zero-order valence-electron chi connectivity index (χ0n) is 11.6. The van der Waals surface area contributed by atoms with Crippen LogP contribution in [0.1, 0.15) is 19.4 Å². The molecule has 0 fully saturated rings. The van der Waals surface area contributed by atoms with E-state index < -0.39 is 17.9 Å². The number of halogens is 1. The smallest absolute Gasteiger partial charge is 0.308 e. The molecule has 2 unspecified atom stereocenters. The Balaban J connectivity index is 2.49. The first kappa shape index (κ1) is 16.5. The quantitative estimate of drug-likeness (QED) is 0.831. The van der Waals surface area contributed by atoms with Crippen molar-refractivity contribution in [3.05, 3.63) is 28.2 Å². The molecule has 0 aliphatic heterocycles. The van der Waals surface area contributed by atoms with Crippen molar-refractivity contribution in [3.8, 4) is 5.75 Å². The number of benzene rings is 1. The van der Waals surface area contributed by atoms with Gasteiger partial charge in [0.2, 0.25) is 0 Å². The number of hydrogen-bond acceptors (Lipinski definition) is 3. The first-order chi connectivity index (χ1) is 9.31.